The van der Waals surface area contributed by atoms with Gasteiger partial charge in [-0.3, -0.25) is 9.59 Å². The average molecular weight is 550 g/mol. The molecule has 0 bridgehead atoms. The van der Waals surface area contributed by atoms with Crippen LogP contribution in [0.1, 0.15) is 55.1 Å². The first-order valence-corrected chi connectivity index (χ1v) is 14.2. The van der Waals surface area contributed by atoms with Gasteiger partial charge in [-0.1, -0.05) is 48.8 Å². The van der Waals surface area contributed by atoms with E-state index in [0.29, 0.717) is 32.7 Å². The Hall–Kier alpha value is -3.72. The Labute approximate surface area is 234 Å². The molecule has 1 aromatic heterocycles. The first-order chi connectivity index (χ1) is 19.5. The Morgan fingerprint density at radius 2 is 1.90 bits per heavy atom. The number of carbonyl (C=O) groups excluding carboxylic acids is 2. The van der Waals surface area contributed by atoms with Gasteiger partial charge < -0.3 is 23.8 Å². The molecule has 1 saturated heterocycles. The second kappa shape index (κ2) is 12.6. The summed E-state index contributed by atoms with van der Waals surface area (Å²) in [6.07, 6.45) is 4.75. The number of aryl methyl sites for hydroxylation is 1. The maximum Gasteiger partial charge on any atom is 0.292 e. The normalized spacial score (nSPS) is 20.4. The Kier molecular flexibility index (Phi) is 8.79. The van der Waals surface area contributed by atoms with E-state index in [9.17, 15) is 14.0 Å². The highest BCUT2D eigenvalue weighted by molar-refractivity contribution is 5.94. The van der Waals surface area contributed by atoms with E-state index in [1.54, 1.807) is 23.1 Å². The molecule has 0 saturated carbocycles. The number of para-hydroxylation sites is 1. The van der Waals surface area contributed by atoms with Crippen LogP contribution in [0.4, 0.5) is 4.39 Å². The lowest BCUT2D eigenvalue weighted by Crippen LogP contribution is -2.62. The number of ether oxygens (including phenoxy) is 2. The van der Waals surface area contributed by atoms with E-state index < -0.39 is 17.3 Å². The Morgan fingerprint density at radius 1 is 1.07 bits per heavy atom. The summed E-state index contributed by atoms with van der Waals surface area (Å²) in [5.74, 6) is -0.0794. The van der Waals surface area contributed by atoms with Crippen LogP contribution in [-0.4, -0.2) is 71.8 Å². The summed E-state index contributed by atoms with van der Waals surface area (Å²) in [6, 6.07) is 15.7. The molecule has 2 amide bonds. The summed E-state index contributed by atoms with van der Waals surface area (Å²) >= 11 is 0. The highest BCUT2D eigenvalue weighted by Crippen LogP contribution is 2.31. The zero-order valence-electron chi connectivity index (χ0n) is 22.9. The fourth-order valence-electron chi connectivity index (χ4n) is 5.47. The molecular formula is C31H36FN3O5. The molecule has 9 heteroatoms. The molecule has 3 heterocycles. The quantitative estimate of drug-likeness (QED) is 0.439. The number of morpholine rings is 1. The predicted molar refractivity (Wildman–Crippen MR) is 147 cm³/mol. The largest absolute Gasteiger partial charge is 0.491 e. The number of fused-ring (bicyclic) bond motifs is 1. The minimum atomic E-state index is -1.16. The highest BCUT2D eigenvalue weighted by Gasteiger charge is 2.47. The number of hydrogen-bond donors (Lipinski definition) is 0. The fraction of sp³-hybridized carbons (Fsp3) is 0.452. The predicted octanol–water partition coefficient (Wildman–Crippen LogP) is 5.13. The molecule has 2 aliphatic heterocycles. The maximum absolute atomic E-state index is 14.3. The van der Waals surface area contributed by atoms with Gasteiger partial charge in [0.25, 0.3) is 11.8 Å². The van der Waals surface area contributed by atoms with Gasteiger partial charge in [-0.25, -0.2) is 4.39 Å². The molecule has 8 nitrogen and oxygen atoms in total. The van der Waals surface area contributed by atoms with Crippen LogP contribution in [0.2, 0.25) is 0 Å². The lowest BCUT2D eigenvalue weighted by atomic mass is 9.90. The molecule has 0 radical (unpaired) electrons. The third kappa shape index (κ3) is 6.04. The van der Waals surface area contributed by atoms with E-state index in [1.165, 1.54) is 12.1 Å². The van der Waals surface area contributed by atoms with Crippen LogP contribution in [0.25, 0.3) is 11.3 Å². The first-order valence-electron chi connectivity index (χ1n) is 14.2. The summed E-state index contributed by atoms with van der Waals surface area (Å²) in [5.41, 5.74) is 0.501. The number of nitrogens with zero attached hydrogens (tertiary/aromatic N) is 3. The van der Waals surface area contributed by atoms with E-state index >= 15 is 0 Å². The maximum atomic E-state index is 14.3. The molecule has 1 fully saturated rings. The van der Waals surface area contributed by atoms with Gasteiger partial charge >= 0.3 is 0 Å². The number of hydrogen-bond acceptors (Lipinski definition) is 6. The van der Waals surface area contributed by atoms with Crippen molar-refractivity contribution in [2.75, 3.05) is 39.4 Å². The molecule has 1 spiro atoms. The number of unbranched alkanes of at least 4 members (excludes halogenated alkanes) is 1. The van der Waals surface area contributed by atoms with Crippen molar-refractivity contribution >= 4 is 11.8 Å². The fourth-order valence-corrected chi connectivity index (χ4v) is 5.47. The van der Waals surface area contributed by atoms with Gasteiger partial charge in [0, 0.05) is 24.7 Å². The van der Waals surface area contributed by atoms with Gasteiger partial charge in [0.05, 0.1) is 19.7 Å². The van der Waals surface area contributed by atoms with E-state index in [1.807, 2.05) is 23.1 Å². The molecule has 2 aromatic carbocycles. The van der Waals surface area contributed by atoms with Crippen LogP contribution in [0.15, 0.2) is 59.1 Å². The van der Waals surface area contributed by atoms with Crippen molar-refractivity contribution in [3.8, 4) is 17.0 Å². The molecule has 40 heavy (non-hydrogen) atoms. The van der Waals surface area contributed by atoms with Crippen LogP contribution in [0, 0.1) is 5.82 Å². The standard InChI is InChI=1S/C31H36FN3O5/c1-2-3-16-34-17-19-38-27-14-7-4-10-23(27)11-8-9-15-31(30(34)37)22-35(18-20-39-31)29(36)28-21-26(33-40-28)24-12-5-6-13-25(24)32/h4-7,10,12-14,21H,2-3,8-9,11,15-20,22H2,1H3. The molecular weight excluding hydrogens is 513 g/mol. The minimum absolute atomic E-state index is 0.00347. The SMILES string of the molecule is CCCCN1CCOc2ccccc2CCCCC2(CN(C(=O)c3cc(-c4ccccc4F)no3)CCO2)C1=O. The van der Waals surface area contributed by atoms with Gasteiger partial charge in [0.1, 0.15) is 23.9 Å². The Balaban J connectivity index is 1.38. The summed E-state index contributed by atoms with van der Waals surface area (Å²) in [4.78, 5) is 31.1. The van der Waals surface area contributed by atoms with Crippen LogP contribution in [0.3, 0.4) is 0 Å². The second-order valence-electron chi connectivity index (χ2n) is 10.4. The van der Waals surface area contributed by atoms with Crippen molar-refractivity contribution in [2.45, 2.75) is 51.0 Å². The van der Waals surface area contributed by atoms with Crippen molar-refractivity contribution < 1.29 is 28.0 Å². The molecule has 3 aromatic rings. The Bertz CT molecular complexity index is 1330. The van der Waals surface area contributed by atoms with Crippen molar-refractivity contribution in [2.24, 2.45) is 0 Å². The monoisotopic (exact) mass is 549 g/mol. The van der Waals surface area contributed by atoms with Crippen LogP contribution < -0.4 is 4.74 Å². The van der Waals surface area contributed by atoms with Gasteiger partial charge in [0.15, 0.2) is 5.60 Å². The van der Waals surface area contributed by atoms with Crippen molar-refractivity contribution in [1.29, 1.82) is 0 Å². The molecule has 0 aliphatic carbocycles. The average Bonchev–Trinajstić information content (AvgIpc) is 3.47. The van der Waals surface area contributed by atoms with Crippen molar-refractivity contribution in [3.63, 3.8) is 0 Å². The second-order valence-corrected chi connectivity index (χ2v) is 10.4. The molecule has 5 rings (SSSR count). The van der Waals surface area contributed by atoms with Crippen LogP contribution in [-0.2, 0) is 16.0 Å². The lowest BCUT2D eigenvalue weighted by molar-refractivity contribution is -0.170. The minimum Gasteiger partial charge on any atom is -0.491 e. The van der Waals surface area contributed by atoms with Gasteiger partial charge in [-0.15, -0.1) is 0 Å². The lowest BCUT2D eigenvalue weighted by Gasteiger charge is -2.44. The van der Waals surface area contributed by atoms with E-state index in [0.717, 1.165) is 43.4 Å². The molecule has 212 valence electrons. The summed E-state index contributed by atoms with van der Waals surface area (Å²) in [7, 11) is 0. The number of carbonyl (C=O) groups is 2. The third-order valence-corrected chi connectivity index (χ3v) is 7.67. The molecule has 1 atom stereocenters. The van der Waals surface area contributed by atoms with Crippen molar-refractivity contribution in [3.05, 3.63) is 71.7 Å². The Morgan fingerprint density at radius 3 is 2.75 bits per heavy atom. The van der Waals surface area contributed by atoms with Crippen molar-refractivity contribution in [1.82, 2.24) is 15.0 Å². The topological polar surface area (TPSA) is 85.1 Å². The highest BCUT2D eigenvalue weighted by atomic mass is 19.1. The molecule has 0 N–H and O–H groups in total. The number of benzene rings is 2. The number of halogens is 1. The summed E-state index contributed by atoms with van der Waals surface area (Å²) in [6.45, 7) is 4.14. The van der Waals surface area contributed by atoms with E-state index in [-0.39, 0.29) is 36.1 Å². The van der Waals surface area contributed by atoms with E-state index in [2.05, 4.69) is 18.1 Å². The first kappa shape index (κ1) is 27.8. The molecule has 1 unspecified atom stereocenters. The zero-order chi connectivity index (χ0) is 28.0. The number of amides is 2. The van der Waals surface area contributed by atoms with Gasteiger partial charge in [-0.2, -0.15) is 0 Å². The van der Waals surface area contributed by atoms with E-state index in [4.69, 9.17) is 14.0 Å². The van der Waals surface area contributed by atoms with Gasteiger partial charge in [-0.05, 0) is 55.9 Å². The summed E-state index contributed by atoms with van der Waals surface area (Å²) in [5, 5.41) is 3.93. The van der Waals surface area contributed by atoms with Crippen LogP contribution >= 0.6 is 0 Å². The smallest absolute Gasteiger partial charge is 0.292 e. The van der Waals surface area contributed by atoms with Gasteiger partial charge in [0.2, 0.25) is 5.76 Å². The number of aromatic nitrogens is 1. The zero-order valence-corrected chi connectivity index (χ0v) is 22.9. The summed E-state index contributed by atoms with van der Waals surface area (Å²) < 4.78 is 32.0. The third-order valence-electron chi connectivity index (χ3n) is 7.67. The number of rotatable bonds is 5. The molecule has 2 aliphatic rings. The van der Waals surface area contributed by atoms with Crippen LogP contribution in [0.5, 0.6) is 5.75 Å².